The molecule has 6 nitrogen and oxygen atoms in total. The van der Waals surface area contributed by atoms with E-state index in [0.717, 1.165) is 135 Å². The van der Waals surface area contributed by atoms with Crippen molar-refractivity contribution in [1.29, 1.82) is 0 Å². The van der Waals surface area contributed by atoms with E-state index < -0.39 is 12.1 Å². The third kappa shape index (κ3) is 57.9. The van der Waals surface area contributed by atoms with Gasteiger partial charge in [0.15, 0.2) is 6.10 Å². The Hall–Kier alpha value is -4.97. The minimum atomic E-state index is -0.828. The van der Waals surface area contributed by atoms with Crippen LogP contribution >= 0.6 is 0 Å². The summed E-state index contributed by atoms with van der Waals surface area (Å²) in [7, 11) is 0. The first-order chi connectivity index (χ1) is 36.5. The maximum absolute atomic E-state index is 12.8. The molecule has 414 valence electrons. The molecular formula is C68H106O6. The lowest BCUT2D eigenvalue weighted by atomic mass is 10.1. The molecule has 0 aliphatic heterocycles. The van der Waals surface area contributed by atoms with Crippen molar-refractivity contribution in [2.45, 2.75) is 239 Å². The number of esters is 3. The number of unbranched alkanes of at least 4 members (excludes halogenated alkanes) is 14. The molecule has 0 bridgehead atoms. The molecule has 0 amide bonds. The van der Waals surface area contributed by atoms with Crippen molar-refractivity contribution in [1.82, 2.24) is 0 Å². The van der Waals surface area contributed by atoms with Gasteiger partial charge in [0.1, 0.15) is 13.2 Å². The minimum absolute atomic E-state index is 0.117. The van der Waals surface area contributed by atoms with Gasteiger partial charge >= 0.3 is 17.9 Å². The summed E-state index contributed by atoms with van der Waals surface area (Å²) in [5.41, 5.74) is 0. The zero-order chi connectivity index (χ0) is 53.6. The van der Waals surface area contributed by atoms with E-state index in [9.17, 15) is 14.4 Å². The topological polar surface area (TPSA) is 78.9 Å². The van der Waals surface area contributed by atoms with Gasteiger partial charge in [-0.05, 0) is 116 Å². The molecule has 1 atom stereocenters. The quantitative estimate of drug-likeness (QED) is 0.0261. The molecular weight excluding hydrogens is 913 g/mol. The lowest BCUT2D eigenvalue weighted by molar-refractivity contribution is -0.166. The van der Waals surface area contributed by atoms with E-state index in [1.165, 1.54) is 51.4 Å². The molecule has 0 aliphatic carbocycles. The SMILES string of the molecule is CC/C=C\C/C=C\C/C=C\C/C=C\C/C=C\C/C=C\C/C=C\CCCCCCCCCC(=O)OCC(COC(=O)CCCCCCCCCC)OC(=O)CC/C=C\C/C=C\C/C=C\C/C=C\C/C=C\C/C=C\CC. The van der Waals surface area contributed by atoms with Crippen LogP contribution in [0, 0.1) is 0 Å². The van der Waals surface area contributed by atoms with Crippen LogP contribution in [0.4, 0.5) is 0 Å². The van der Waals surface area contributed by atoms with Gasteiger partial charge in [-0.2, -0.15) is 0 Å². The molecule has 0 radical (unpaired) electrons. The van der Waals surface area contributed by atoms with Gasteiger partial charge in [-0.1, -0.05) is 256 Å². The van der Waals surface area contributed by atoms with Gasteiger partial charge in [-0.15, -0.1) is 0 Å². The molecule has 0 aromatic heterocycles. The van der Waals surface area contributed by atoms with E-state index in [2.05, 4.69) is 167 Å². The van der Waals surface area contributed by atoms with Gasteiger partial charge in [0, 0.05) is 19.3 Å². The number of carbonyl (C=O) groups is 3. The van der Waals surface area contributed by atoms with E-state index in [1.807, 2.05) is 12.2 Å². The Kier molecular flexibility index (Phi) is 56.5. The monoisotopic (exact) mass is 1020 g/mol. The fourth-order valence-corrected chi connectivity index (χ4v) is 7.45. The summed E-state index contributed by atoms with van der Waals surface area (Å²) >= 11 is 0. The third-order valence-electron chi connectivity index (χ3n) is 11.8. The van der Waals surface area contributed by atoms with Crippen molar-refractivity contribution in [3.05, 3.63) is 158 Å². The molecule has 0 saturated carbocycles. The number of rotatable bonds is 51. The molecule has 0 spiro atoms. The third-order valence-corrected chi connectivity index (χ3v) is 11.8. The van der Waals surface area contributed by atoms with E-state index in [1.54, 1.807) is 0 Å². The Morgan fingerprint density at radius 2 is 0.554 bits per heavy atom. The fourth-order valence-electron chi connectivity index (χ4n) is 7.45. The first-order valence-electron chi connectivity index (χ1n) is 29.5. The van der Waals surface area contributed by atoms with E-state index >= 15 is 0 Å². The minimum Gasteiger partial charge on any atom is -0.462 e. The summed E-state index contributed by atoms with van der Waals surface area (Å²) in [5.74, 6) is -1.03. The summed E-state index contributed by atoms with van der Waals surface area (Å²) in [4.78, 5) is 38.0. The molecule has 74 heavy (non-hydrogen) atoms. The van der Waals surface area contributed by atoms with E-state index in [4.69, 9.17) is 14.2 Å². The van der Waals surface area contributed by atoms with Gasteiger partial charge in [0.2, 0.25) is 0 Å². The summed E-state index contributed by atoms with van der Waals surface area (Å²) < 4.78 is 16.7. The van der Waals surface area contributed by atoms with Crippen molar-refractivity contribution in [3.63, 3.8) is 0 Å². The maximum Gasteiger partial charge on any atom is 0.306 e. The highest BCUT2D eigenvalue weighted by Crippen LogP contribution is 2.13. The summed E-state index contributed by atoms with van der Waals surface area (Å²) in [6, 6.07) is 0. The number of allylic oxidation sites excluding steroid dienone is 26. The Morgan fingerprint density at radius 3 is 0.878 bits per heavy atom. The second kappa shape index (κ2) is 60.6. The highest BCUT2D eigenvalue weighted by atomic mass is 16.6. The predicted octanol–water partition coefficient (Wildman–Crippen LogP) is 20.1. The zero-order valence-corrected chi connectivity index (χ0v) is 47.3. The molecule has 0 saturated heterocycles. The first kappa shape index (κ1) is 69.0. The van der Waals surface area contributed by atoms with Crippen LogP contribution in [-0.4, -0.2) is 37.2 Å². The van der Waals surface area contributed by atoms with E-state index in [-0.39, 0.29) is 31.6 Å². The molecule has 0 rings (SSSR count). The van der Waals surface area contributed by atoms with Crippen LogP contribution in [-0.2, 0) is 28.6 Å². The largest absolute Gasteiger partial charge is 0.462 e. The van der Waals surface area contributed by atoms with Crippen LogP contribution in [0.15, 0.2) is 158 Å². The van der Waals surface area contributed by atoms with Crippen molar-refractivity contribution in [2.24, 2.45) is 0 Å². The molecule has 0 aromatic rings. The van der Waals surface area contributed by atoms with Crippen molar-refractivity contribution < 1.29 is 28.6 Å². The summed E-state index contributed by atoms with van der Waals surface area (Å²) in [6.45, 7) is 6.29. The molecule has 0 heterocycles. The summed E-state index contributed by atoms with van der Waals surface area (Å²) in [6.07, 6.45) is 88.4. The second-order valence-corrected chi connectivity index (χ2v) is 18.8. The van der Waals surface area contributed by atoms with Crippen LogP contribution in [0.5, 0.6) is 0 Å². The van der Waals surface area contributed by atoms with E-state index in [0.29, 0.717) is 19.3 Å². The van der Waals surface area contributed by atoms with Gasteiger partial charge in [0.25, 0.3) is 0 Å². The Balaban J connectivity index is 4.35. The first-order valence-corrected chi connectivity index (χ1v) is 29.5. The number of ether oxygens (including phenoxy) is 3. The average Bonchev–Trinajstić information content (AvgIpc) is 3.40. The van der Waals surface area contributed by atoms with Crippen LogP contribution in [0.1, 0.15) is 233 Å². The van der Waals surface area contributed by atoms with Crippen molar-refractivity contribution in [2.75, 3.05) is 13.2 Å². The molecule has 1 unspecified atom stereocenters. The highest BCUT2D eigenvalue weighted by Gasteiger charge is 2.19. The van der Waals surface area contributed by atoms with Crippen molar-refractivity contribution >= 4 is 17.9 Å². The van der Waals surface area contributed by atoms with Crippen LogP contribution in [0.3, 0.4) is 0 Å². The Morgan fingerprint density at radius 1 is 0.284 bits per heavy atom. The summed E-state index contributed by atoms with van der Waals surface area (Å²) in [5, 5.41) is 0. The number of carbonyl (C=O) groups excluding carboxylic acids is 3. The molecule has 0 N–H and O–H groups in total. The molecule has 6 heteroatoms. The van der Waals surface area contributed by atoms with Crippen LogP contribution in [0.25, 0.3) is 0 Å². The lowest BCUT2D eigenvalue weighted by Gasteiger charge is -2.18. The van der Waals surface area contributed by atoms with Crippen LogP contribution < -0.4 is 0 Å². The smallest absolute Gasteiger partial charge is 0.306 e. The van der Waals surface area contributed by atoms with Gasteiger partial charge in [0.05, 0.1) is 0 Å². The second-order valence-electron chi connectivity index (χ2n) is 18.8. The van der Waals surface area contributed by atoms with Gasteiger partial charge in [-0.3, -0.25) is 14.4 Å². The highest BCUT2D eigenvalue weighted by molar-refractivity contribution is 5.71. The average molecular weight is 1020 g/mol. The molecule has 0 aromatic carbocycles. The zero-order valence-electron chi connectivity index (χ0n) is 47.3. The number of hydrogen-bond donors (Lipinski definition) is 0. The van der Waals surface area contributed by atoms with Gasteiger partial charge in [-0.25, -0.2) is 0 Å². The molecule has 0 fully saturated rings. The molecule has 0 aliphatic rings. The Labute approximate surface area is 454 Å². The standard InChI is InChI=1S/C68H106O6/c1-4-7-10-13-16-19-21-23-25-27-29-30-31-32-33-34-35-36-37-38-40-41-43-45-47-49-52-55-58-61-67(70)73-64-65(63-72-66(69)60-57-54-51-18-15-12-9-6-3)74-68(71)62-59-56-53-50-48-46-44-42-39-28-26-24-22-20-17-14-11-8-5-2/h7-8,10-11,16-17,19-20,23-26,29-30,32-33,35-36,38-40,42,46,48,53,56,65H,4-6,9,12-15,18,21-22,27-28,31,34,37,41,43-45,47,49-52,54-55,57-64H2,1-3H3/b10-7-,11-8-,19-16-,20-17-,25-23-,26-24-,30-29-,33-32-,36-35-,40-38-,42-39-,48-46-,56-53-. The number of hydrogen-bond acceptors (Lipinski definition) is 6. The normalized spacial score (nSPS) is 13.3. The maximum atomic E-state index is 12.8. The van der Waals surface area contributed by atoms with Crippen molar-refractivity contribution in [3.8, 4) is 0 Å². The van der Waals surface area contributed by atoms with Gasteiger partial charge < -0.3 is 14.2 Å². The Bertz CT molecular complexity index is 1690. The fraction of sp³-hybridized carbons (Fsp3) is 0.574. The van der Waals surface area contributed by atoms with Crippen LogP contribution in [0.2, 0.25) is 0 Å². The predicted molar refractivity (Wildman–Crippen MR) is 320 cm³/mol. The lowest BCUT2D eigenvalue weighted by Crippen LogP contribution is -2.30.